The topological polar surface area (TPSA) is 9.23 Å². The molecule has 3 heteroatoms. The van der Waals surface area contributed by atoms with Gasteiger partial charge >= 0.3 is 0 Å². The Morgan fingerprint density at radius 2 is 1.67 bits per heavy atom. The lowest BCUT2D eigenvalue weighted by molar-refractivity contribution is 0.439. The lowest BCUT2D eigenvalue weighted by Gasteiger charge is -2.07. The number of para-hydroxylation sites is 2. The van der Waals surface area contributed by atoms with Crippen molar-refractivity contribution in [2.75, 3.05) is 0 Å². The quantitative estimate of drug-likeness (QED) is 0.784. The number of halogens is 2. The van der Waals surface area contributed by atoms with Crippen molar-refractivity contribution in [2.24, 2.45) is 0 Å². The molecule has 76 valence electrons. The SMILES string of the molecule is Fc1cccc(Br)c1Oc1ccccc1. The van der Waals surface area contributed by atoms with Crippen molar-refractivity contribution in [2.45, 2.75) is 0 Å². The standard InChI is InChI=1S/C12H8BrFO/c13-10-7-4-8-11(14)12(10)15-9-5-2-1-3-6-9/h1-8H. The van der Waals surface area contributed by atoms with Crippen LogP contribution < -0.4 is 4.74 Å². The van der Waals surface area contributed by atoms with E-state index in [1.165, 1.54) is 6.07 Å². The number of benzene rings is 2. The van der Waals surface area contributed by atoms with Gasteiger partial charge in [-0.2, -0.15) is 0 Å². The van der Waals surface area contributed by atoms with Gasteiger partial charge in [0.1, 0.15) is 5.75 Å². The molecule has 0 spiro atoms. The second-order valence-corrected chi connectivity index (χ2v) is 3.82. The van der Waals surface area contributed by atoms with Gasteiger partial charge in [-0.05, 0) is 40.2 Å². The molecule has 1 nitrogen and oxygen atoms in total. The van der Waals surface area contributed by atoms with E-state index in [9.17, 15) is 4.39 Å². The predicted molar refractivity (Wildman–Crippen MR) is 60.6 cm³/mol. The Kier molecular flexibility index (Phi) is 3.02. The molecule has 0 aliphatic heterocycles. The van der Waals surface area contributed by atoms with Crippen LogP contribution >= 0.6 is 15.9 Å². The molecular formula is C12H8BrFO. The summed E-state index contributed by atoms with van der Waals surface area (Å²) < 4.78 is 19.4. The molecule has 0 aliphatic rings. The second kappa shape index (κ2) is 4.45. The Morgan fingerprint density at radius 3 is 2.33 bits per heavy atom. The molecule has 15 heavy (non-hydrogen) atoms. The Hall–Kier alpha value is -1.35. The van der Waals surface area contributed by atoms with E-state index in [1.807, 2.05) is 18.2 Å². The molecular weight excluding hydrogens is 259 g/mol. The molecule has 2 aromatic carbocycles. The third-order valence-electron chi connectivity index (χ3n) is 1.88. The second-order valence-electron chi connectivity index (χ2n) is 2.97. The predicted octanol–water partition coefficient (Wildman–Crippen LogP) is 4.38. The maximum atomic E-state index is 13.4. The molecule has 0 saturated carbocycles. The van der Waals surface area contributed by atoms with Crippen LogP contribution in [0.4, 0.5) is 4.39 Å². The molecule has 0 amide bonds. The smallest absolute Gasteiger partial charge is 0.177 e. The van der Waals surface area contributed by atoms with Gasteiger partial charge in [0.05, 0.1) is 4.47 Å². The fourth-order valence-corrected chi connectivity index (χ4v) is 1.61. The van der Waals surface area contributed by atoms with E-state index in [-0.39, 0.29) is 11.6 Å². The fraction of sp³-hybridized carbons (Fsp3) is 0. The first-order chi connectivity index (χ1) is 7.27. The van der Waals surface area contributed by atoms with Gasteiger partial charge in [-0.1, -0.05) is 24.3 Å². The highest BCUT2D eigenvalue weighted by Gasteiger charge is 2.08. The van der Waals surface area contributed by atoms with Crippen LogP contribution in [0.1, 0.15) is 0 Å². The van der Waals surface area contributed by atoms with Crippen molar-refractivity contribution in [1.82, 2.24) is 0 Å². The summed E-state index contributed by atoms with van der Waals surface area (Å²) in [6.07, 6.45) is 0. The third kappa shape index (κ3) is 2.36. The van der Waals surface area contributed by atoms with Crippen molar-refractivity contribution < 1.29 is 9.13 Å². The summed E-state index contributed by atoms with van der Waals surface area (Å²) in [4.78, 5) is 0. The number of ether oxygens (including phenoxy) is 1. The van der Waals surface area contributed by atoms with E-state index in [4.69, 9.17) is 4.74 Å². The maximum absolute atomic E-state index is 13.4. The minimum atomic E-state index is -0.381. The fourth-order valence-electron chi connectivity index (χ4n) is 1.19. The van der Waals surface area contributed by atoms with Crippen molar-refractivity contribution in [3.63, 3.8) is 0 Å². The first-order valence-corrected chi connectivity index (χ1v) is 5.23. The Morgan fingerprint density at radius 1 is 0.933 bits per heavy atom. The van der Waals surface area contributed by atoms with Crippen molar-refractivity contribution in [3.8, 4) is 11.5 Å². The molecule has 0 fully saturated rings. The molecule has 0 atom stereocenters. The molecule has 0 radical (unpaired) electrons. The van der Waals surface area contributed by atoms with E-state index in [2.05, 4.69) is 15.9 Å². The van der Waals surface area contributed by atoms with Crippen molar-refractivity contribution in [1.29, 1.82) is 0 Å². The highest BCUT2D eigenvalue weighted by atomic mass is 79.9. The molecule has 0 heterocycles. The average molecular weight is 267 g/mol. The van der Waals surface area contributed by atoms with Crippen LogP contribution in [0.25, 0.3) is 0 Å². The normalized spacial score (nSPS) is 10.0. The third-order valence-corrected chi connectivity index (χ3v) is 2.51. The van der Waals surface area contributed by atoms with Gasteiger partial charge in [0.15, 0.2) is 11.6 Å². The largest absolute Gasteiger partial charge is 0.453 e. The van der Waals surface area contributed by atoms with Crippen LogP contribution in [0.15, 0.2) is 53.0 Å². The zero-order valence-corrected chi connectivity index (χ0v) is 9.37. The summed E-state index contributed by atoms with van der Waals surface area (Å²) >= 11 is 3.24. The van der Waals surface area contributed by atoms with E-state index >= 15 is 0 Å². The Balaban J connectivity index is 2.32. The van der Waals surface area contributed by atoms with Gasteiger partial charge in [-0.15, -0.1) is 0 Å². The zero-order chi connectivity index (χ0) is 10.7. The van der Waals surface area contributed by atoms with Crippen LogP contribution in [0.2, 0.25) is 0 Å². The Labute approximate surface area is 95.6 Å². The average Bonchev–Trinajstić information content (AvgIpc) is 2.25. The summed E-state index contributed by atoms with van der Waals surface area (Å²) in [6.45, 7) is 0. The van der Waals surface area contributed by atoms with Gasteiger partial charge in [0.2, 0.25) is 0 Å². The minimum absolute atomic E-state index is 0.212. The molecule has 2 rings (SSSR count). The Bertz CT molecular complexity index is 436. The van der Waals surface area contributed by atoms with Crippen LogP contribution in [0.5, 0.6) is 11.5 Å². The van der Waals surface area contributed by atoms with E-state index < -0.39 is 0 Å². The highest BCUT2D eigenvalue weighted by molar-refractivity contribution is 9.10. The molecule has 0 aromatic heterocycles. The highest BCUT2D eigenvalue weighted by Crippen LogP contribution is 2.31. The molecule has 0 bridgehead atoms. The van der Waals surface area contributed by atoms with Crippen molar-refractivity contribution >= 4 is 15.9 Å². The number of hydrogen-bond donors (Lipinski definition) is 0. The van der Waals surface area contributed by atoms with E-state index in [0.717, 1.165) is 0 Å². The lowest BCUT2D eigenvalue weighted by atomic mass is 10.3. The van der Waals surface area contributed by atoms with Crippen LogP contribution in [0, 0.1) is 5.82 Å². The first kappa shape index (κ1) is 10.2. The van der Waals surface area contributed by atoms with Gasteiger partial charge < -0.3 is 4.74 Å². The summed E-state index contributed by atoms with van der Waals surface area (Å²) in [6, 6.07) is 13.8. The van der Waals surface area contributed by atoms with E-state index in [0.29, 0.717) is 10.2 Å². The summed E-state index contributed by atoms with van der Waals surface area (Å²) in [5.74, 6) is 0.445. The van der Waals surface area contributed by atoms with Gasteiger partial charge in [0, 0.05) is 0 Å². The minimum Gasteiger partial charge on any atom is -0.453 e. The zero-order valence-electron chi connectivity index (χ0n) is 7.78. The van der Waals surface area contributed by atoms with Crippen molar-refractivity contribution in [3.05, 3.63) is 58.8 Å². The molecule has 0 unspecified atom stereocenters. The van der Waals surface area contributed by atoms with Crippen LogP contribution in [-0.2, 0) is 0 Å². The monoisotopic (exact) mass is 266 g/mol. The molecule has 2 aromatic rings. The number of hydrogen-bond acceptors (Lipinski definition) is 1. The number of rotatable bonds is 2. The molecule has 0 saturated heterocycles. The van der Waals surface area contributed by atoms with Gasteiger partial charge in [-0.25, -0.2) is 4.39 Å². The molecule has 0 N–H and O–H groups in total. The van der Waals surface area contributed by atoms with Gasteiger partial charge in [0.25, 0.3) is 0 Å². The summed E-state index contributed by atoms with van der Waals surface area (Å²) in [7, 11) is 0. The summed E-state index contributed by atoms with van der Waals surface area (Å²) in [5.41, 5.74) is 0. The summed E-state index contributed by atoms with van der Waals surface area (Å²) in [5, 5.41) is 0. The van der Waals surface area contributed by atoms with Gasteiger partial charge in [-0.3, -0.25) is 0 Å². The molecule has 0 aliphatic carbocycles. The lowest BCUT2D eigenvalue weighted by Crippen LogP contribution is -1.88. The first-order valence-electron chi connectivity index (χ1n) is 4.44. The maximum Gasteiger partial charge on any atom is 0.177 e. The van der Waals surface area contributed by atoms with E-state index in [1.54, 1.807) is 24.3 Å². The van der Waals surface area contributed by atoms with Crippen LogP contribution in [0.3, 0.4) is 0 Å². The van der Waals surface area contributed by atoms with Crippen LogP contribution in [-0.4, -0.2) is 0 Å².